The largest absolute Gasteiger partial charge is 0.406 e. The van der Waals surface area contributed by atoms with Crippen molar-refractivity contribution in [3.8, 4) is 0 Å². The zero-order chi connectivity index (χ0) is 12.4. The summed E-state index contributed by atoms with van der Waals surface area (Å²) in [5.74, 6) is 0. The Morgan fingerprint density at radius 2 is 1.50 bits per heavy atom. The minimum absolute atomic E-state index is 0.00420. The zero-order valence-electron chi connectivity index (χ0n) is 8.30. The molecule has 0 bridgehead atoms. The molecule has 0 aromatic rings. The normalized spacial score (nSPS) is 19.9. The van der Waals surface area contributed by atoms with Crippen LogP contribution in [-0.2, 0) is 0 Å². The van der Waals surface area contributed by atoms with E-state index in [-0.39, 0.29) is 25.9 Å². The molecule has 0 aromatic carbocycles. The number of alkyl halides is 6. The number of hydrogen-bond donors (Lipinski definition) is 2. The molecule has 16 heavy (non-hydrogen) atoms. The first-order chi connectivity index (χ1) is 7.16. The van der Waals surface area contributed by atoms with Gasteiger partial charge in [-0.05, 0) is 12.8 Å². The van der Waals surface area contributed by atoms with Crippen molar-refractivity contribution in [2.45, 2.75) is 30.7 Å². The van der Waals surface area contributed by atoms with Gasteiger partial charge in [-0.25, -0.2) is 0 Å². The summed E-state index contributed by atoms with van der Waals surface area (Å²) in [6.07, 6.45) is -8.66. The monoisotopic (exact) mass is 250 g/mol. The molecule has 2 N–H and O–H groups in total. The molecule has 96 valence electrons. The van der Waals surface area contributed by atoms with Crippen LogP contribution in [0.5, 0.6) is 0 Å². The van der Waals surface area contributed by atoms with Gasteiger partial charge < -0.3 is 10.6 Å². The van der Waals surface area contributed by atoms with Crippen LogP contribution in [0.1, 0.15) is 12.8 Å². The van der Waals surface area contributed by atoms with Crippen molar-refractivity contribution in [3.63, 3.8) is 0 Å². The predicted molar refractivity (Wildman–Crippen MR) is 44.9 cm³/mol. The van der Waals surface area contributed by atoms with Crippen molar-refractivity contribution < 1.29 is 26.3 Å². The average molecular weight is 250 g/mol. The van der Waals surface area contributed by atoms with Gasteiger partial charge in [0.1, 0.15) is 5.54 Å². The third kappa shape index (κ3) is 3.82. The molecule has 0 aliphatic heterocycles. The molecule has 2 nitrogen and oxygen atoms in total. The Hall–Kier alpha value is -0.500. The van der Waals surface area contributed by atoms with Gasteiger partial charge in [0.25, 0.3) is 0 Å². The molecule has 1 aliphatic rings. The molecule has 0 radical (unpaired) electrons. The maximum absolute atomic E-state index is 12.3. The van der Waals surface area contributed by atoms with E-state index in [1.165, 1.54) is 0 Å². The van der Waals surface area contributed by atoms with Crippen LogP contribution in [0.2, 0.25) is 0 Å². The number of halogens is 6. The summed E-state index contributed by atoms with van der Waals surface area (Å²) in [7, 11) is 0. The highest BCUT2D eigenvalue weighted by Gasteiger charge is 2.62. The Morgan fingerprint density at radius 1 is 0.938 bits per heavy atom. The SMILES string of the molecule is FC(F)(F)CNCCNC1(C(F)(F)F)CC1. The summed E-state index contributed by atoms with van der Waals surface area (Å²) in [6.45, 7) is -1.46. The van der Waals surface area contributed by atoms with Crippen molar-refractivity contribution in [2.75, 3.05) is 19.6 Å². The van der Waals surface area contributed by atoms with E-state index in [9.17, 15) is 26.3 Å². The summed E-state index contributed by atoms with van der Waals surface area (Å²) in [5, 5.41) is 4.26. The van der Waals surface area contributed by atoms with E-state index in [1.807, 2.05) is 5.32 Å². The Kier molecular flexibility index (Phi) is 3.73. The van der Waals surface area contributed by atoms with Crippen molar-refractivity contribution in [1.82, 2.24) is 10.6 Å². The smallest absolute Gasteiger partial charge is 0.307 e. The Labute approximate surface area is 88.4 Å². The van der Waals surface area contributed by atoms with Gasteiger partial charge in [0.2, 0.25) is 0 Å². The van der Waals surface area contributed by atoms with Gasteiger partial charge >= 0.3 is 12.4 Å². The lowest BCUT2D eigenvalue weighted by atomic mass is 10.2. The van der Waals surface area contributed by atoms with Crippen LogP contribution in [-0.4, -0.2) is 37.5 Å². The van der Waals surface area contributed by atoms with Gasteiger partial charge in [0.05, 0.1) is 6.54 Å². The second kappa shape index (κ2) is 4.40. The van der Waals surface area contributed by atoms with Gasteiger partial charge in [-0.3, -0.25) is 0 Å². The lowest BCUT2D eigenvalue weighted by molar-refractivity contribution is -0.165. The third-order valence-electron chi connectivity index (χ3n) is 2.38. The van der Waals surface area contributed by atoms with Gasteiger partial charge in [0, 0.05) is 13.1 Å². The van der Waals surface area contributed by atoms with E-state index in [0.717, 1.165) is 0 Å². The maximum atomic E-state index is 12.3. The zero-order valence-corrected chi connectivity index (χ0v) is 8.30. The molecule has 8 heteroatoms. The standard InChI is InChI=1S/C8H12F6N2/c9-7(10,11)5-15-3-4-16-6(1-2-6)8(12,13)14/h15-16H,1-5H2. The first-order valence-corrected chi connectivity index (χ1v) is 4.76. The van der Waals surface area contributed by atoms with Crippen LogP contribution in [0.3, 0.4) is 0 Å². The van der Waals surface area contributed by atoms with Crippen molar-refractivity contribution >= 4 is 0 Å². The lowest BCUT2D eigenvalue weighted by Crippen LogP contribution is -2.47. The molecule has 1 saturated carbocycles. The molecule has 1 rings (SSSR count). The molecule has 0 saturated heterocycles. The summed E-state index contributed by atoms with van der Waals surface area (Å²) in [5.41, 5.74) is -1.85. The molecule has 1 aliphatic carbocycles. The van der Waals surface area contributed by atoms with E-state index in [1.54, 1.807) is 0 Å². The summed E-state index contributed by atoms with van der Waals surface area (Å²) < 4.78 is 72.0. The number of hydrogen-bond acceptors (Lipinski definition) is 2. The Balaban J connectivity index is 2.13. The van der Waals surface area contributed by atoms with Crippen molar-refractivity contribution in [1.29, 1.82) is 0 Å². The van der Waals surface area contributed by atoms with Crippen LogP contribution in [0, 0.1) is 0 Å². The fourth-order valence-corrected chi connectivity index (χ4v) is 1.31. The molecule has 0 unspecified atom stereocenters. The second-order valence-corrected chi connectivity index (χ2v) is 3.80. The highest BCUT2D eigenvalue weighted by molar-refractivity contribution is 5.07. The highest BCUT2D eigenvalue weighted by atomic mass is 19.4. The van der Waals surface area contributed by atoms with Gasteiger partial charge in [-0.2, -0.15) is 26.3 Å². The summed E-state index contributed by atoms with van der Waals surface area (Å²) in [4.78, 5) is 0. The van der Waals surface area contributed by atoms with Crippen LogP contribution < -0.4 is 10.6 Å². The van der Waals surface area contributed by atoms with E-state index in [4.69, 9.17) is 0 Å². The van der Waals surface area contributed by atoms with E-state index < -0.39 is 24.4 Å². The minimum atomic E-state index is -4.33. The van der Waals surface area contributed by atoms with Gasteiger partial charge in [-0.1, -0.05) is 0 Å². The number of nitrogens with one attached hydrogen (secondary N) is 2. The molecule has 1 fully saturated rings. The fourth-order valence-electron chi connectivity index (χ4n) is 1.31. The second-order valence-electron chi connectivity index (χ2n) is 3.80. The fraction of sp³-hybridized carbons (Fsp3) is 1.00. The summed E-state index contributed by atoms with van der Waals surface area (Å²) >= 11 is 0. The van der Waals surface area contributed by atoms with Crippen LogP contribution in [0.15, 0.2) is 0 Å². The van der Waals surface area contributed by atoms with Crippen LogP contribution in [0.4, 0.5) is 26.3 Å². The predicted octanol–water partition coefficient (Wildman–Crippen LogP) is 1.82. The minimum Gasteiger partial charge on any atom is -0.307 e. The Bertz CT molecular complexity index is 230. The third-order valence-corrected chi connectivity index (χ3v) is 2.38. The van der Waals surface area contributed by atoms with Crippen LogP contribution in [0.25, 0.3) is 0 Å². The molecule has 0 atom stereocenters. The molecular weight excluding hydrogens is 238 g/mol. The first-order valence-electron chi connectivity index (χ1n) is 4.76. The van der Waals surface area contributed by atoms with E-state index >= 15 is 0 Å². The molecule has 0 amide bonds. The highest BCUT2D eigenvalue weighted by Crippen LogP contribution is 2.48. The summed E-state index contributed by atoms with van der Waals surface area (Å²) in [6, 6.07) is 0. The van der Waals surface area contributed by atoms with E-state index in [2.05, 4.69) is 5.32 Å². The van der Waals surface area contributed by atoms with Gasteiger partial charge in [0.15, 0.2) is 0 Å². The number of rotatable bonds is 5. The molecule has 0 aromatic heterocycles. The van der Waals surface area contributed by atoms with Gasteiger partial charge in [-0.15, -0.1) is 0 Å². The Morgan fingerprint density at radius 3 is 1.88 bits per heavy atom. The topological polar surface area (TPSA) is 24.1 Å². The van der Waals surface area contributed by atoms with Crippen molar-refractivity contribution in [3.05, 3.63) is 0 Å². The maximum Gasteiger partial charge on any atom is 0.406 e. The first kappa shape index (κ1) is 13.6. The quantitative estimate of drug-likeness (QED) is 0.574. The lowest BCUT2D eigenvalue weighted by Gasteiger charge is -2.20. The van der Waals surface area contributed by atoms with Crippen molar-refractivity contribution in [2.24, 2.45) is 0 Å². The average Bonchev–Trinajstić information content (AvgIpc) is 2.81. The van der Waals surface area contributed by atoms with Crippen LogP contribution >= 0.6 is 0 Å². The molecular formula is C8H12F6N2. The molecule has 0 spiro atoms. The molecule has 0 heterocycles. The van der Waals surface area contributed by atoms with E-state index in [0.29, 0.717) is 0 Å².